The minimum atomic E-state index is -4.64. The highest BCUT2D eigenvalue weighted by Crippen LogP contribution is 2.48. The summed E-state index contributed by atoms with van der Waals surface area (Å²) in [4.78, 5) is 62.6. The number of nitrogens with zero attached hydrogens (tertiary/aromatic N) is 3. The fourth-order valence-corrected chi connectivity index (χ4v) is 5.46. The summed E-state index contributed by atoms with van der Waals surface area (Å²) in [5.74, 6) is -2.35. The van der Waals surface area contributed by atoms with Crippen LogP contribution < -0.4 is 30.7 Å². The van der Waals surface area contributed by atoms with Gasteiger partial charge >= 0.3 is 18.2 Å². The number of aromatic nitrogens is 3. The summed E-state index contributed by atoms with van der Waals surface area (Å²) in [5, 5.41) is 11.6. The van der Waals surface area contributed by atoms with Gasteiger partial charge in [-0.05, 0) is 85.3 Å². The van der Waals surface area contributed by atoms with Gasteiger partial charge in [-0.3, -0.25) is 14.4 Å². The molecule has 3 aromatic carbocycles. The molecule has 0 spiro atoms. The number of aryl methyl sites for hydroxylation is 1. The van der Waals surface area contributed by atoms with Crippen LogP contribution in [0, 0.1) is 0 Å². The number of benzene rings is 3. The van der Waals surface area contributed by atoms with Crippen molar-refractivity contribution < 1.29 is 46.6 Å². The zero-order valence-corrected chi connectivity index (χ0v) is 30.4. The number of rotatable bonds is 18. The molecule has 55 heavy (non-hydrogen) atoms. The van der Waals surface area contributed by atoms with Crippen molar-refractivity contribution in [2.24, 2.45) is 0 Å². The molecule has 0 radical (unpaired) electrons. The highest BCUT2D eigenvalue weighted by molar-refractivity contribution is 6.36. The van der Waals surface area contributed by atoms with Crippen molar-refractivity contribution in [2.75, 3.05) is 38.0 Å². The van der Waals surface area contributed by atoms with Crippen molar-refractivity contribution in [3.8, 4) is 11.8 Å². The summed E-state index contributed by atoms with van der Waals surface area (Å²) < 4.78 is 53.6. The summed E-state index contributed by atoms with van der Waals surface area (Å²) >= 11 is 6.03. The smallest absolute Gasteiger partial charge is 0.422 e. The van der Waals surface area contributed by atoms with E-state index >= 15 is 0 Å². The van der Waals surface area contributed by atoms with Crippen LogP contribution in [0.2, 0.25) is 5.02 Å². The van der Waals surface area contributed by atoms with Crippen molar-refractivity contribution >= 4 is 52.8 Å². The molecule has 4 aromatic rings. The van der Waals surface area contributed by atoms with Gasteiger partial charge in [-0.25, -0.2) is 4.79 Å². The Kier molecular flexibility index (Phi) is 13.1. The van der Waals surface area contributed by atoms with Gasteiger partial charge in [0.05, 0.1) is 19.8 Å². The Morgan fingerprint density at radius 2 is 1.56 bits per heavy atom. The Bertz CT molecular complexity index is 1980. The first-order valence-corrected chi connectivity index (χ1v) is 17.3. The fourth-order valence-electron chi connectivity index (χ4n) is 5.33. The number of halogens is 4. The molecule has 0 unspecified atom stereocenters. The molecule has 290 valence electrons. The van der Waals surface area contributed by atoms with Crippen LogP contribution in [0.5, 0.6) is 11.8 Å². The lowest BCUT2D eigenvalue weighted by Crippen LogP contribution is -2.44. The van der Waals surface area contributed by atoms with Crippen molar-refractivity contribution in [2.45, 2.75) is 49.9 Å². The van der Waals surface area contributed by atoms with Crippen molar-refractivity contribution in [1.29, 1.82) is 0 Å². The van der Waals surface area contributed by atoms with E-state index < -0.39 is 53.9 Å². The molecule has 4 N–H and O–H groups in total. The van der Waals surface area contributed by atoms with E-state index in [1.165, 1.54) is 24.3 Å². The van der Waals surface area contributed by atoms with Crippen molar-refractivity contribution in [3.63, 3.8) is 0 Å². The minimum absolute atomic E-state index is 0.0243. The molecule has 1 aromatic heterocycles. The molecule has 1 heterocycles. The Morgan fingerprint density at radius 1 is 0.891 bits per heavy atom. The Labute approximate surface area is 318 Å². The number of Topliss-reactive ketones (excluding diaryl/α,β-unsaturated/α-hetero) is 1. The SMILES string of the molecule is COC(=O)[C@H](CCNC(=O)C(=O)CCc1ccc(OC)cc1)NC(=O)c1ccc(Nc2nc(NC3(c4ccc(Cl)cc4)CC3)nc(OCC(F)(F)F)n2)cc1. The molecular formula is C37H37ClF3N7O7. The van der Waals surface area contributed by atoms with E-state index in [1.54, 1.807) is 43.5 Å². The Balaban J connectivity index is 1.18. The Hall–Kier alpha value is -5.97. The molecule has 5 rings (SSSR count). The molecule has 0 bridgehead atoms. The average Bonchev–Trinajstić information content (AvgIpc) is 3.95. The topological polar surface area (TPSA) is 183 Å². The lowest BCUT2D eigenvalue weighted by Gasteiger charge is -2.19. The molecule has 1 fully saturated rings. The van der Waals surface area contributed by atoms with Crippen molar-refractivity contribution in [3.05, 3.63) is 94.5 Å². The predicted octanol–water partition coefficient (Wildman–Crippen LogP) is 5.30. The van der Waals surface area contributed by atoms with Crippen LogP contribution in [0.3, 0.4) is 0 Å². The maximum absolute atomic E-state index is 13.1. The van der Waals surface area contributed by atoms with Gasteiger partial charge in [-0.2, -0.15) is 28.1 Å². The number of amides is 2. The van der Waals surface area contributed by atoms with E-state index in [0.29, 0.717) is 35.7 Å². The molecule has 1 aliphatic carbocycles. The van der Waals surface area contributed by atoms with E-state index in [-0.39, 0.29) is 36.8 Å². The Morgan fingerprint density at radius 3 is 2.18 bits per heavy atom. The molecule has 1 aliphatic rings. The maximum Gasteiger partial charge on any atom is 0.422 e. The summed E-state index contributed by atoms with van der Waals surface area (Å²) in [6.45, 7) is -1.72. The number of carbonyl (C=O) groups excluding carboxylic acids is 4. The van der Waals surface area contributed by atoms with Crippen LogP contribution in [-0.2, 0) is 31.1 Å². The summed E-state index contributed by atoms with van der Waals surface area (Å²) in [5.41, 5.74) is 1.70. The van der Waals surface area contributed by atoms with Crippen molar-refractivity contribution in [1.82, 2.24) is 25.6 Å². The molecule has 1 atom stereocenters. The third-order valence-corrected chi connectivity index (χ3v) is 8.70. The number of nitrogens with one attached hydrogen (secondary N) is 4. The first-order chi connectivity index (χ1) is 26.3. The molecule has 1 saturated carbocycles. The van der Waals surface area contributed by atoms with Gasteiger partial charge in [0.2, 0.25) is 17.7 Å². The molecule has 18 heteroatoms. The normalized spacial score (nSPS) is 13.5. The number of carbonyl (C=O) groups is 4. The lowest BCUT2D eigenvalue weighted by atomic mass is 10.1. The van der Waals surface area contributed by atoms with Crippen LogP contribution >= 0.6 is 11.6 Å². The number of methoxy groups -OCH3 is 2. The quantitative estimate of drug-likeness (QED) is 0.0756. The number of esters is 1. The second-order valence-electron chi connectivity index (χ2n) is 12.5. The van der Waals surface area contributed by atoms with Gasteiger partial charge in [-0.15, -0.1) is 0 Å². The number of anilines is 3. The first kappa shape index (κ1) is 40.2. The second-order valence-corrected chi connectivity index (χ2v) is 12.9. The third kappa shape index (κ3) is 11.8. The lowest BCUT2D eigenvalue weighted by molar-refractivity contribution is -0.154. The molecule has 0 aliphatic heterocycles. The number of hydrogen-bond donors (Lipinski definition) is 4. The first-order valence-electron chi connectivity index (χ1n) is 17.0. The van der Waals surface area contributed by atoms with Gasteiger partial charge in [-0.1, -0.05) is 35.9 Å². The average molecular weight is 784 g/mol. The van der Waals surface area contributed by atoms with Crippen LogP contribution in [0.15, 0.2) is 72.8 Å². The summed E-state index contributed by atoms with van der Waals surface area (Å²) in [6.07, 6.45) is -2.95. The van der Waals surface area contributed by atoms with E-state index in [9.17, 15) is 32.3 Å². The summed E-state index contributed by atoms with van der Waals surface area (Å²) in [7, 11) is 2.69. The van der Waals surface area contributed by atoms with Gasteiger partial charge in [0.1, 0.15) is 11.8 Å². The van der Waals surface area contributed by atoms with E-state index in [0.717, 1.165) is 18.2 Å². The maximum atomic E-state index is 13.1. The monoisotopic (exact) mass is 783 g/mol. The second kappa shape index (κ2) is 17.9. The van der Waals surface area contributed by atoms with Crippen LogP contribution in [0.1, 0.15) is 47.2 Å². The molecule has 14 nitrogen and oxygen atoms in total. The zero-order chi connectivity index (χ0) is 39.6. The molecular weight excluding hydrogens is 747 g/mol. The van der Waals surface area contributed by atoms with Gasteiger partial charge in [0, 0.05) is 29.2 Å². The van der Waals surface area contributed by atoms with Crippen LogP contribution in [0.4, 0.5) is 30.8 Å². The van der Waals surface area contributed by atoms with E-state index in [4.69, 9.17) is 25.8 Å². The fraction of sp³-hybridized carbons (Fsp3) is 0.324. The summed E-state index contributed by atoms with van der Waals surface area (Å²) in [6, 6.07) is 18.3. The highest BCUT2D eigenvalue weighted by Gasteiger charge is 2.45. The largest absolute Gasteiger partial charge is 0.497 e. The van der Waals surface area contributed by atoms with Gasteiger partial charge in [0.15, 0.2) is 6.61 Å². The zero-order valence-electron chi connectivity index (χ0n) is 29.7. The van der Waals surface area contributed by atoms with Crippen LogP contribution in [-0.4, -0.2) is 78.1 Å². The highest BCUT2D eigenvalue weighted by atomic mass is 35.5. The van der Waals surface area contributed by atoms with E-state index in [1.807, 2.05) is 12.1 Å². The number of ketones is 1. The third-order valence-electron chi connectivity index (χ3n) is 8.44. The number of ether oxygens (including phenoxy) is 3. The minimum Gasteiger partial charge on any atom is -0.497 e. The number of alkyl halides is 3. The van der Waals surface area contributed by atoms with Crippen LogP contribution in [0.25, 0.3) is 0 Å². The molecule has 0 saturated heterocycles. The molecule has 2 amide bonds. The van der Waals surface area contributed by atoms with E-state index in [2.05, 4.69) is 36.2 Å². The number of hydrogen-bond acceptors (Lipinski definition) is 12. The van der Waals surface area contributed by atoms with Gasteiger partial charge < -0.3 is 35.5 Å². The predicted molar refractivity (Wildman–Crippen MR) is 194 cm³/mol. The standard InChI is InChI=1S/C37H37ClF3N7O7/c1-53-27-14-3-22(4-15-27)5-16-29(49)31(51)42-20-17-28(32(52)54-2)44-30(50)23-6-12-26(13-7-23)43-33-45-34(47-35(46-33)55-21-37(39,40)41)48-36(18-19-36)24-8-10-25(38)11-9-24/h3-4,6-15,28H,5,16-21H2,1-2H3,(H,42,51)(H,44,50)(H2,43,45,46,47,48)/t28-/m0/s1. The van der Waals surface area contributed by atoms with Gasteiger partial charge in [0.25, 0.3) is 11.8 Å².